The van der Waals surface area contributed by atoms with Crippen LogP contribution in [0.15, 0.2) is 178 Å². The van der Waals surface area contributed by atoms with Crippen LogP contribution in [0.2, 0.25) is 0 Å². The van der Waals surface area contributed by atoms with Crippen LogP contribution in [0.4, 0.5) is 0 Å². The van der Waals surface area contributed by atoms with Gasteiger partial charge < -0.3 is 52.9 Å². The number of phenols is 2. The van der Waals surface area contributed by atoms with Crippen molar-refractivity contribution in [2.45, 2.75) is 51.9 Å². The highest BCUT2D eigenvalue weighted by Crippen LogP contribution is 2.42. The smallest absolute Gasteiger partial charge is 0.302 e. The zero-order valence-corrected chi connectivity index (χ0v) is 39.2. The summed E-state index contributed by atoms with van der Waals surface area (Å²) in [5.74, 6) is -3.47. The number of rotatable bonds is 15. The van der Waals surface area contributed by atoms with Crippen LogP contribution in [0.3, 0.4) is 0 Å². The second-order valence-corrected chi connectivity index (χ2v) is 16.7. The van der Waals surface area contributed by atoms with Crippen molar-refractivity contribution in [3.05, 3.63) is 192 Å². The van der Waals surface area contributed by atoms with E-state index in [1.807, 2.05) is 45.8 Å². The summed E-state index contributed by atoms with van der Waals surface area (Å²) in [6.07, 6.45) is 11.6. The number of fused-ring (bicyclic) bond motifs is 2. The summed E-state index contributed by atoms with van der Waals surface area (Å²) in [5.41, 5.74) is 2.23. The lowest BCUT2D eigenvalue weighted by atomic mass is 9.95. The van der Waals surface area contributed by atoms with Crippen molar-refractivity contribution in [1.29, 1.82) is 0 Å². The summed E-state index contributed by atoms with van der Waals surface area (Å²) in [6, 6.07) is 28.5. The number of aryl methyl sites for hydroxylation is 2. The van der Waals surface area contributed by atoms with Gasteiger partial charge in [0.2, 0.25) is 11.6 Å². The highest BCUT2D eigenvalue weighted by molar-refractivity contribution is 6.17. The van der Waals surface area contributed by atoms with Gasteiger partial charge in [0.05, 0.1) is 42.5 Å². The number of imidazole rings is 2. The number of aliphatic hydroxyl groups excluding tert-OH is 2. The fourth-order valence-corrected chi connectivity index (χ4v) is 8.58. The van der Waals surface area contributed by atoms with Gasteiger partial charge in [-0.25, -0.2) is 9.97 Å². The van der Waals surface area contributed by atoms with Gasteiger partial charge in [0.25, 0.3) is 11.8 Å². The Morgan fingerprint density at radius 1 is 0.583 bits per heavy atom. The molecule has 8 aromatic rings. The fraction of sp³-hybridized carbons (Fsp3) is 0.204. The summed E-state index contributed by atoms with van der Waals surface area (Å²) >= 11 is 0. The van der Waals surface area contributed by atoms with Crippen molar-refractivity contribution in [2.24, 2.45) is 0 Å². The molecular formula is C54H50N6O12. The first kappa shape index (κ1) is 49.2. The minimum atomic E-state index is -0.804. The molecule has 2 aliphatic rings. The summed E-state index contributed by atoms with van der Waals surface area (Å²) in [7, 11) is 0. The fourth-order valence-electron chi connectivity index (χ4n) is 8.58. The summed E-state index contributed by atoms with van der Waals surface area (Å²) in [6.45, 7) is 5.52. The Hall–Kier alpha value is -9.19. The van der Waals surface area contributed by atoms with E-state index in [0.29, 0.717) is 67.9 Å². The molecule has 0 fully saturated rings. The Balaban J connectivity index is 0.000000173. The summed E-state index contributed by atoms with van der Waals surface area (Å²) in [5, 5.41) is 42.5. The third-order valence-corrected chi connectivity index (χ3v) is 11.9. The molecule has 0 saturated heterocycles. The number of esters is 1. The minimum absolute atomic E-state index is 0.0348. The number of benzene rings is 4. The predicted octanol–water partition coefficient (Wildman–Crippen LogP) is 8.58. The number of ether oxygens (including phenoxy) is 1. The van der Waals surface area contributed by atoms with Gasteiger partial charge in [-0.1, -0.05) is 60.7 Å². The molecule has 6 heterocycles. The van der Waals surface area contributed by atoms with Crippen LogP contribution in [0.5, 0.6) is 11.5 Å². The van der Waals surface area contributed by atoms with Crippen LogP contribution in [0, 0.1) is 0 Å². The maximum Gasteiger partial charge on any atom is 0.302 e. The van der Waals surface area contributed by atoms with Gasteiger partial charge in [-0.3, -0.25) is 24.0 Å². The molecule has 0 radical (unpaired) electrons. The first-order valence-electron chi connectivity index (χ1n) is 23.0. The van der Waals surface area contributed by atoms with Crippen molar-refractivity contribution in [3.8, 4) is 11.5 Å². The van der Waals surface area contributed by atoms with E-state index in [1.165, 1.54) is 41.0 Å². The number of amides is 2. The second-order valence-electron chi connectivity index (χ2n) is 16.7. The van der Waals surface area contributed by atoms with Crippen molar-refractivity contribution in [2.75, 3.05) is 19.7 Å². The third-order valence-electron chi connectivity index (χ3n) is 11.9. The molecule has 4 N–H and O–H groups in total. The molecule has 10 rings (SSSR count). The van der Waals surface area contributed by atoms with Gasteiger partial charge in [-0.2, -0.15) is 0 Å². The number of furan rings is 2. The van der Waals surface area contributed by atoms with Gasteiger partial charge in [-0.15, -0.1) is 0 Å². The second kappa shape index (κ2) is 22.1. The van der Waals surface area contributed by atoms with Gasteiger partial charge in [0.15, 0.2) is 23.0 Å². The van der Waals surface area contributed by atoms with E-state index in [4.69, 9.17) is 8.83 Å². The van der Waals surface area contributed by atoms with Gasteiger partial charge in [0.1, 0.15) is 22.7 Å². The molecule has 0 bridgehead atoms. The first-order valence-corrected chi connectivity index (χ1v) is 23.0. The average Bonchev–Trinajstić information content (AvgIpc) is 4.26. The number of aromatic nitrogens is 4. The standard InChI is InChI=1S/2C25H21N3O5.C4H8O2/c2*29-18-8-6-16(7-9-18)22-21(23(30)20-14-17-4-1-2-5-19(17)33-20)24(31)25(32)28(22)12-3-11-27-13-10-26-15-27;1-3-6-4(2)5/h2*1-2,4-10,13-15,22,29,31H,3,11-12H2;3H2,1-2H3. The molecule has 2 aliphatic heterocycles. The zero-order chi connectivity index (χ0) is 50.9. The van der Waals surface area contributed by atoms with Gasteiger partial charge in [-0.05, 0) is 79.4 Å². The Morgan fingerprint density at radius 3 is 1.32 bits per heavy atom. The van der Waals surface area contributed by atoms with E-state index in [0.717, 1.165) is 10.8 Å². The van der Waals surface area contributed by atoms with E-state index in [9.17, 15) is 44.4 Å². The highest BCUT2D eigenvalue weighted by atomic mass is 16.5. The number of carbonyl (C=O) groups is 5. The quantitative estimate of drug-likeness (QED) is 0.0556. The van der Waals surface area contributed by atoms with E-state index >= 15 is 0 Å². The Kier molecular flexibility index (Phi) is 15.1. The molecule has 0 aliphatic carbocycles. The lowest BCUT2D eigenvalue weighted by Crippen LogP contribution is -2.32. The maximum absolute atomic E-state index is 13.5. The largest absolute Gasteiger partial charge is 0.508 e. The van der Waals surface area contributed by atoms with Gasteiger partial charge >= 0.3 is 5.97 Å². The van der Waals surface area contributed by atoms with Crippen LogP contribution >= 0.6 is 0 Å². The number of hydrogen-bond acceptors (Lipinski definition) is 14. The third kappa shape index (κ3) is 10.8. The number of phenolic OH excluding ortho intramolecular Hbond substituents is 2. The molecular weight excluding hydrogens is 925 g/mol. The molecule has 368 valence electrons. The molecule has 72 heavy (non-hydrogen) atoms. The molecule has 2 unspecified atom stereocenters. The molecule has 4 aromatic heterocycles. The lowest BCUT2D eigenvalue weighted by molar-refractivity contribution is -0.140. The molecule has 18 heteroatoms. The summed E-state index contributed by atoms with van der Waals surface area (Å²) in [4.78, 5) is 73.8. The molecule has 18 nitrogen and oxygen atoms in total. The van der Waals surface area contributed by atoms with Gasteiger partial charge in [0, 0.05) is 68.7 Å². The van der Waals surface area contributed by atoms with E-state index in [-0.39, 0.29) is 40.1 Å². The van der Waals surface area contributed by atoms with Crippen molar-refractivity contribution in [1.82, 2.24) is 28.9 Å². The Morgan fingerprint density at radius 2 is 0.986 bits per heavy atom. The molecule has 0 spiro atoms. The number of hydrogen-bond donors (Lipinski definition) is 4. The molecule has 2 amide bonds. The van der Waals surface area contributed by atoms with Crippen LogP contribution in [0.25, 0.3) is 21.9 Å². The van der Waals surface area contributed by atoms with E-state index < -0.39 is 47.0 Å². The van der Waals surface area contributed by atoms with Crippen molar-refractivity contribution < 1.29 is 58.0 Å². The number of nitrogens with zero attached hydrogens (tertiary/aromatic N) is 6. The number of carbonyl (C=O) groups excluding carboxylic acids is 5. The number of para-hydroxylation sites is 2. The average molecular weight is 975 g/mol. The Bertz CT molecular complexity index is 3000. The normalized spacial score (nSPS) is 15.5. The monoisotopic (exact) mass is 974 g/mol. The van der Waals surface area contributed by atoms with Crippen LogP contribution in [0.1, 0.15) is 71.0 Å². The van der Waals surface area contributed by atoms with Crippen LogP contribution in [-0.2, 0) is 32.2 Å². The zero-order valence-electron chi connectivity index (χ0n) is 39.2. The number of aliphatic hydroxyl groups is 2. The maximum atomic E-state index is 13.5. The van der Waals surface area contributed by atoms with Crippen molar-refractivity contribution in [3.63, 3.8) is 0 Å². The molecule has 4 aromatic carbocycles. The number of ketones is 2. The van der Waals surface area contributed by atoms with E-state index in [1.54, 1.807) is 92.6 Å². The molecule has 2 atom stereocenters. The first-order chi connectivity index (χ1) is 34.8. The molecule has 0 saturated carbocycles. The number of aromatic hydroxyl groups is 2. The van der Waals surface area contributed by atoms with Crippen LogP contribution < -0.4 is 0 Å². The van der Waals surface area contributed by atoms with E-state index in [2.05, 4.69) is 14.7 Å². The Labute approximate surface area is 411 Å². The summed E-state index contributed by atoms with van der Waals surface area (Å²) < 4.78 is 19.6. The van der Waals surface area contributed by atoms with Crippen LogP contribution in [-0.4, -0.2) is 98.4 Å². The lowest BCUT2D eigenvalue weighted by Gasteiger charge is -2.26. The minimum Gasteiger partial charge on any atom is -0.508 e. The number of Topliss-reactive ketones (excluding diaryl/α,β-unsaturated/α-hetero) is 2. The topological polar surface area (TPSA) is 244 Å². The van der Waals surface area contributed by atoms with Crippen molar-refractivity contribution >= 4 is 51.3 Å². The highest BCUT2D eigenvalue weighted by Gasteiger charge is 2.45. The predicted molar refractivity (Wildman–Crippen MR) is 262 cm³/mol. The SMILES string of the molecule is CCOC(C)=O.O=C(C1=C(O)C(=O)N(CCCn2ccnc2)C1c1ccc(O)cc1)c1cc2ccccc2o1.O=C(C1=C(O)C(=O)N(CCCn2ccnc2)C1c1ccc(O)cc1)c1cc2ccccc2o1.